The first-order chi connectivity index (χ1) is 17.5. The Morgan fingerprint density at radius 1 is 0.833 bits per heavy atom. The number of nitrogens with zero attached hydrogens (tertiary/aromatic N) is 5. The second kappa shape index (κ2) is 10.1. The van der Waals surface area contributed by atoms with E-state index < -0.39 is 11.5 Å². The van der Waals surface area contributed by atoms with Crippen molar-refractivity contribution >= 4 is 23.0 Å². The summed E-state index contributed by atoms with van der Waals surface area (Å²) < 4.78 is 1.54. The second-order valence-corrected chi connectivity index (χ2v) is 8.90. The van der Waals surface area contributed by atoms with E-state index in [4.69, 9.17) is 0 Å². The first-order valence-corrected chi connectivity index (χ1v) is 12.1. The highest BCUT2D eigenvalue weighted by molar-refractivity contribution is 5.96. The molecule has 0 bridgehead atoms. The second-order valence-electron chi connectivity index (χ2n) is 8.90. The van der Waals surface area contributed by atoms with Gasteiger partial charge in [-0.1, -0.05) is 48.5 Å². The molecule has 0 saturated carbocycles. The van der Waals surface area contributed by atoms with Gasteiger partial charge in [-0.3, -0.25) is 19.0 Å². The van der Waals surface area contributed by atoms with E-state index in [1.165, 1.54) is 0 Å². The van der Waals surface area contributed by atoms with E-state index in [0.29, 0.717) is 55.9 Å². The van der Waals surface area contributed by atoms with E-state index in [9.17, 15) is 14.4 Å². The normalized spacial score (nSPS) is 13.7. The molecule has 0 aliphatic carbocycles. The molecule has 1 fully saturated rings. The molecule has 8 nitrogen and oxygen atoms in total. The van der Waals surface area contributed by atoms with Gasteiger partial charge in [-0.2, -0.15) is 0 Å². The smallest absolute Gasteiger partial charge is 0.283 e. The van der Waals surface area contributed by atoms with Crippen LogP contribution in [-0.4, -0.2) is 62.3 Å². The van der Waals surface area contributed by atoms with E-state index in [-0.39, 0.29) is 11.6 Å². The average Bonchev–Trinajstić information content (AvgIpc) is 2.92. The van der Waals surface area contributed by atoms with Crippen LogP contribution in [0.5, 0.6) is 0 Å². The highest BCUT2D eigenvalue weighted by atomic mass is 16.2. The molecule has 2 aromatic carbocycles. The molecule has 36 heavy (non-hydrogen) atoms. The Morgan fingerprint density at radius 2 is 1.50 bits per heavy atom. The Balaban J connectivity index is 1.36. The van der Waals surface area contributed by atoms with E-state index >= 15 is 0 Å². The van der Waals surface area contributed by atoms with Gasteiger partial charge in [0.25, 0.3) is 17.4 Å². The highest BCUT2D eigenvalue weighted by Crippen LogP contribution is 2.15. The topological polar surface area (TPSA) is 88.4 Å². The number of carbonyl (C=O) groups excluding carboxylic acids is 2. The predicted molar refractivity (Wildman–Crippen MR) is 137 cm³/mol. The van der Waals surface area contributed by atoms with E-state index in [1.807, 2.05) is 61.5 Å². The van der Waals surface area contributed by atoms with Crippen molar-refractivity contribution in [3.05, 3.63) is 106 Å². The number of rotatable bonds is 5. The fourth-order valence-electron chi connectivity index (χ4n) is 4.55. The Bertz CT molecular complexity index is 1470. The van der Waals surface area contributed by atoms with Gasteiger partial charge in [-0.15, -0.1) is 0 Å². The zero-order valence-electron chi connectivity index (χ0n) is 20.1. The minimum Gasteiger partial charge on any atom is -0.335 e. The van der Waals surface area contributed by atoms with Gasteiger partial charge in [0.1, 0.15) is 5.52 Å². The molecule has 182 valence electrons. The number of hydrogen-bond donors (Lipinski definition) is 0. The summed E-state index contributed by atoms with van der Waals surface area (Å²) in [5.74, 6) is -0.458. The summed E-state index contributed by atoms with van der Waals surface area (Å²) in [4.78, 5) is 51.9. The van der Waals surface area contributed by atoms with Gasteiger partial charge in [0.2, 0.25) is 0 Å². The van der Waals surface area contributed by atoms with Gasteiger partial charge < -0.3 is 9.80 Å². The average molecular weight is 482 g/mol. The van der Waals surface area contributed by atoms with Crippen LogP contribution < -0.4 is 5.56 Å². The van der Waals surface area contributed by atoms with Crippen molar-refractivity contribution in [3.8, 4) is 0 Å². The third-order valence-corrected chi connectivity index (χ3v) is 6.60. The molecule has 1 aliphatic rings. The van der Waals surface area contributed by atoms with Crippen LogP contribution in [0.4, 0.5) is 0 Å². The van der Waals surface area contributed by atoms with Crippen LogP contribution in [0.2, 0.25) is 0 Å². The lowest BCUT2D eigenvalue weighted by Crippen LogP contribution is -2.51. The summed E-state index contributed by atoms with van der Waals surface area (Å²) in [5, 5.41) is 0. The molecule has 4 aromatic rings. The van der Waals surface area contributed by atoms with Crippen molar-refractivity contribution in [2.75, 3.05) is 26.2 Å². The van der Waals surface area contributed by atoms with E-state index in [0.717, 1.165) is 11.1 Å². The lowest BCUT2D eigenvalue weighted by atomic mass is 10.1. The molecule has 0 spiro atoms. The first kappa shape index (κ1) is 23.4. The quantitative estimate of drug-likeness (QED) is 0.437. The zero-order chi connectivity index (χ0) is 25.1. The molecular formula is C28H27N5O3. The van der Waals surface area contributed by atoms with Gasteiger partial charge >= 0.3 is 0 Å². The Labute approximate surface area is 208 Å². The van der Waals surface area contributed by atoms with Crippen molar-refractivity contribution in [1.29, 1.82) is 0 Å². The van der Waals surface area contributed by atoms with Gasteiger partial charge in [0.15, 0.2) is 11.3 Å². The van der Waals surface area contributed by atoms with Gasteiger partial charge in [-0.05, 0) is 42.7 Å². The molecule has 8 heteroatoms. The number of aryl methyl sites for hydroxylation is 3. The summed E-state index contributed by atoms with van der Waals surface area (Å²) in [7, 11) is 0. The van der Waals surface area contributed by atoms with Crippen LogP contribution in [-0.2, 0) is 13.0 Å². The maximum Gasteiger partial charge on any atom is 0.283 e. The fraction of sp³-hybridized carbons (Fsp3) is 0.250. The minimum atomic E-state index is -0.444. The number of amides is 2. The Kier molecular flexibility index (Phi) is 6.58. The lowest BCUT2D eigenvalue weighted by molar-refractivity contribution is 0.0530. The van der Waals surface area contributed by atoms with Crippen LogP contribution >= 0.6 is 0 Å². The molecule has 0 atom stereocenters. The Morgan fingerprint density at radius 3 is 2.22 bits per heavy atom. The molecular weight excluding hydrogens is 454 g/mol. The van der Waals surface area contributed by atoms with Crippen LogP contribution in [0.25, 0.3) is 11.2 Å². The molecule has 0 radical (unpaired) electrons. The fourth-order valence-corrected chi connectivity index (χ4v) is 4.55. The number of benzene rings is 2. The molecule has 2 aromatic heterocycles. The zero-order valence-corrected chi connectivity index (χ0v) is 20.1. The number of hydrogen-bond acceptors (Lipinski definition) is 5. The standard InChI is InChI=1S/C28H27N5O3/c1-20-8-5-6-11-22(20)26(34)31-16-18-32(19-17-31)27(35)24-28(36)33(15-13-21-9-3-2-4-10-21)25-23(30-24)12-7-14-29-25/h2-12,14H,13,15-19H2,1H3. The largest absolute Gasteiger partial charge is 0.335 e. The van der Waals surface area contributed by atoms with Crippen molar-refractivity contribution in [3.63, 3.8) is 0 Å². The van der Waals surface area contributed by atoms with Gasteiger partial charge in [0, 0.05) is 44.5 Å². The summed E-state index contributed by atoms with van der Waals surface area (Å²) in [6.07, 6.45) is 2.25. The van der Waals surface area contributed by atoms with E-state index in [2.05, 4.69) is 9.97 Å². The van der Waals surface area contributed by atoms with Gasteiger partial charge in [-0.25, -0.2) is 9.97 Å². The van der Waals surface area contributed by atoms with Crippen LogP contribution in [0.15, 0.2) is 77.7 Å². The molecule has 3 heterocycles. The van der Waals surface area contributed by atoms with Crippen molar-refractivity contribution in [2.45, 2.75) is 19.9 Å². The summed E-state index contributed by atoms with van der Waals surface area (Å²) in [6, 6.07) is 20.9. The molecule has 5 rings (SSSR count). The van der Waals surface area contributed by atoms with E-state index in [1.54, 1.807) is 32.7 Å². The summed E-state index contributed by atoms with van der Waals surface area (Å²) >= 11 is 0. The van der Waals surface area contributed by atoms with Crippen LogP contribution in [0.3, 0.4) is 0 Å². The molecule has 2 amide bonds. The minimum absolute atomic E-state index is 0.0432. The van der Waals surface area contributed by atoms with Crippen molar-refractivity contribution < 1.29 is 9.59 Å². The predicted octanol–water partition coefficient (Wildman–Crippen LogP) is 2.94. The Hall–Kier alpha value is -4.33. The third kappa shape index (κ3) is 4.62. The molecule has 0 unspecified atom stereocenters. The number of fused-ring (bicyclic) bond motifs is 1. The molecule has 1 saturated heterocycles. The lowest BCUT2D eigenvalue weighted by Gasteiger charge is -2.34. The van der Waals surface area contributed by atoms with Gasteiger partial charge in [0.05, 0.1) is 0 Å². The summed E-state index contributed by atoms with van der Waals surface area (Å²) in [5.41, 5.74) is 3.09. The molecule has 1 aliphatic heterocycles. The number of pyridine rings is 1. The van der Waals surface area contributed by atoms with Crippen LogP contribution in [0, 0.1) is 6.92 Å². The van der Waals surface area contributed by atoms with Crippen molar-refractivity contribution in [1.82, 2.24) is 24.3 Å². The first-order valence-electron chi connectivity index (χ1n) is 12.1. The number of carbonyl (C=O) groups is 2. The maximum absolute atomic E-state index is 13.4. The maximum atomic E-state index is 13.4. The number of aromatic nitrogens is 3. The van der Waals surface area contributed by atoms with Crippen molar-refractivity contribution in [2.24, 2.45) is 0 Å². The highest BCUT2D eigenvalue weighted by Gasteiger charge is 2.29. The van der Waals surface area contributed by atoms with Crippen LogP contribution in [0.1, 0.15) is 32.0 Å². The number of piperazine rings is 1. The molecule has 0 N–H and O–H groups in total. The summed E-state index contributed by atoms with van der Waals surface area (Å²) in [6.45, 7) is 3.78. The third-order valence-electron chi connectivity index (χ3n) is 6.60. The SMILES string of the molecule is Cc1ccccc1C(=O)N1CCN(C(=O)c2nc3cccnc3n(CCc3ccccc3)c2=O)CC1. The monoisotopic (exact) mass is 481 g/mol.